The first kappa shape index (κ1) is 33.1. The molecule has 0 unspecified atom stereocenters. The van der Waals surface area contributed by atoms with Crippen LogP contribution in [0.15, 0.2) is 33.8 Å². The van der Waals surface area contributed by atoms with Crippen LogP contribution < -0.4 is 11.1 Å². The van der Waals surface area contributed by atoms with Gasteiger partial charge in [0.1, 0.15) is 50.8 Å². The monoisotopic (exact) mass is 619 g/mol. The second kappa shape index (κ2) is 11.8. The second-order valence-electron chi connectivity index (χ2n) is 8.50. The number of carbonyl (C=O) groups is 2. The Balaban J connectivity index is 0.000000745. The zero-order valence-corrected chi connectivity index (χ0v) is 22.0. The molecule has 3 rings (SSSR count). The van der Waals surface area contributed by atoms with E-state index >= 15 is 0 Å². The summed E-state index contributed by atoms with van der Waals surface area (Å²) in [6.45, 7) is 1.06. The predicted molar refractivity (Wildman–Crippen MR) is 128 cm³/mol. The summed E-state index contributed by atoms with van der Waals surface area (Å²) in [6.07, 6.45) is -8.95. The fraction of sp³-hybridized carbons (Fsp3) is 0.381. The molecule has 0 aromatic carbocycles. The molecule has 1 aliphatic heterocycles. The van der Waals surface area contributed by atoms with E-state index in [9.17, 15) is 44.1 Å². The third kappa shape index (κ3) is 8.44. The molecule has 2 aromatic rings. The maximum Gasteiger partial charge on any atom is 0.490 e. The smallest absolute Gasteiger partial charge is 0.475 e. The van der Waals surface area contributed by atoms with Gasteiger partial charge in [0.15, 0.2) is 0 Å². The highest BCUT2D eigenvalue weighted by atomic mass is 32.2. The van der Waals surface area contributed by atoms with Gasteiger partial charge in [0.25, 0.3) is 5.91 Å². The first-order valence-electron chi connectivity index (χ1n) is 10.8. The Hall–Kier alpha value is -4.10. The van der Waals surface area contributed by atoms with Gasteiger partial charge in [-0.25, -0.2) is 37.1 Å². The minimum absolute atomic E-state index is 0.101. The molecule has 0 saturated heterocycles. The molecule has 2 aromatic heterocycles. The van der Waals surface area contributed by atoms with Gasteiger partial charge in [0.2, 0.25) is 5.96 Å². The standard InChI is InChI=1S/C19H20F5N7O2S.C2HF3O2/c1-10-6-11(20)7-26-14(10)16(32)29-13-5-4-12(21)15(28-13)18(2)9-34(33,27-8-19(22,23)24)31(3)17(25)30-18;3-2(4,5)1(6)7/h4-7H,8-9H2,1-3H3,(H2,25,30)(H,28,29,32);(H,6,7)/t18-,34+;/m0./s1. The summed E-state index contributed by atoms with van der Waals surface area (Å²) < 4.78 is 115. The Bertz CT molecular complexity index is 1490. The van der Waals surface area contributed by atoms with Crippen LogP contribution in [0.25, 0.3) is 0 Å². The number of nitrogens with zero attached hydrogens (tertiary/aromatic N) is 5. The predicted octanol–water partition coefficient (Wildman–Crippen LogP) is 3.37. The number of anilines is 1. The number of carboxylic acids is 1. The number of hydrogen-bond acceptors (Lipinski definition) is 8. The van der Waals surface area contributed by atoms with E-state index in [2.05, 4.69) is 24.6 Å². The molecule has 0 fully saturated rings. The van der Waals surface area contributed by atoms with Gasteiger partial charge >= 0.3 is 18.3 Å². The van der Waals surface area contributed by atoms with Crippen molar-refractivity contribution in [2.45, 2.75) is 31.7 Å². The van der Waals surface area contributed by atoms with Gasteiger partial charge in [-0.3, -0.25) is 9.10 Å². The zero-order valence-electron chi connectivity index (χ0n) is 21.1. The number of aromatic nitrogens is 2. The quantitative estimate of drug-likeness (QED) is 0.442. The Morgan fingerprint density at radius 2 is 1.80 bits per heavy atom. The molecular weight excluding hydrogens is 598 g/mol. The van der Waals surface area contributed by atoms with E-state index in [0.29, 0.717) is 0 Å². The minimum Gasteiger partial charge on any atom is -0.475 e. The molecule has 11 nitrogen and oxygen atoms in total. The highest BCUT2D eigenvalue weighted by molar-refractivity contribution is 7.92. The average Bonchev–Trinajstić information content (AvgIpc) is 2.82. The number of halogens is 8. The van der Waals surface area contributed by atoms with Crippen LogP contribution in [0.5, 0.6) is 0 Å². The fourth-order valence-corrected chi connectivity index (χ4v) is 5.31. The number of hydrogen-bond donors (Lipinski definition) is 3. The topological polar surface area (TPSA) is 163 Å². The van der Waals surface area contributed by atoms with Crippen molar-refractivity contribution < 1.29 is 54.0 Å². The highest BCUT2D eigenvalue weighted by Gasteiger charge is 2.43. The number of aryl methyl sites for hydroxylation is 1. The number of rotatable bonds is 4. The molecule has 41 heavy (non-hydrogen) atoms. The van der Waals surface area contributed by atoms with Crippen LogP contribution in [0.2, 0.25) is 0 Å². The van der Waals surface area contributed by atoms with Crippen LogP contribution in [0.4, 0.5) is 40.9 Å². The number of aliphatic imine (C=N–C) groups is 1. The zero-order chi connectivity index (χ0) is 31.6. The average molecular weight is 619 g/mol. The van der Waals surface area contributed by atoms with Gasteiger partial charge in [0, 0.05) is 7.05 Å². The van der Waals surface area contributed by atoms with E-state index in [1.807, 2.05) is 0 Å². The number of nitrogens with one attached hydrogen (secondary N) is 1. The summed E-state index contributed by atoms with van der Waals surface area (Å²) in [5.74, 6) is -6.30. The molecule has 3 heterocycles. The van der Waals surface area contributed by atoms with Crippen LogP contribution in [0.3, 0.4) is 0 Å². The SMILES string of the molecule is Cc1cc(F)cnc1C(=O)Nc1ccc(F)c([C@]2(C)C[S@@](=O)(=NCC(F)(F)F)N(C)C(N)=N2)n1.O=C(O)C(F)(F)F. The maximum absolute atomic E-state index is 14.8. The molecule has 0 aliphatic carbocycles. The molecule has 1 amide bonds. The normalized spacial score (nSPS) is 20.9. The van der Waals surface area contributed by atoms with E-state index in [1.165, 1.54) is 20.9 Å². The van der Waals surface area contributed by atoms with E-state index in [0.717, 1.165) is 28.7 Å². The number of amides is 1. The van der Waals surface area contributed by atoms with E-state index in [1.54, 1.807) is 0 Å². The number of carboxylic acid groups (broad SMARTS) is 1. The molecule has 20 heteroatoms. The van der Waals surface area contributed by atoms with Gasteiger partial charge in [-0.15, -0.1) is 0 Å². The Labute approximate surface area is 226 Å². The largest absolute Gasteiger partial charge is 0.490 e. The first-order valence-corrected chi connectivity index (χ1v) is 12.5. The van der Waals surface area contributed by atoms with Gasteiger partial charge in [0.05, 0.1) is 11.9 Å². The van der Waals surface area contributed by atoms with Crippen LogP contribution in [0, 0.1) is 18.6 Å². The number of alkyl halides is 6. The molecule has 226 valence electrons. The second-order valence-corrected chi connectivity index (χ2v) is 10.8. The van der Waals surface area contributed by atoms with Crippen LogP contribution >= 0.6 is 0 Å². The van der Waals surface area contributed by atoms with Crippen molar-refractivity contribution in [2.75, 3.05) is 24.7 Å². The van der Waals surface area contributed by atoms with Crippen molar-refractivity contribution in [2.24, 2.45) is 15.1 Å². The lowest BCUT2D eigenvalue weighted by Gasteiger charge is -2.36. The van der Waals surface area contributed by atoms with Gasteiger partial charge in [-0.05, 0) is 37.6 Å². The van der Waals surface area contributed by atoms with Crippen molar-refractivity contribution in [3.8, 4) is 0 Å². The lowest BCUT2D eigenvalue weighted by molar-refractivity contribution is -0.192. The third-order valence-corrected chi connectivity index (χ3v) is 7.64. The Morgan fingerprint density at radius 1 is 1.22 bits per heavy atom. The van der Waals surface area contributed by atoms with E-state index in [-0.39, 0.29) is 17.1 Å². The van der Waals surface area contributed by atoms with Gasteiger partial charge in [-0.2, -0.15) is 26.3 Å². The summed E-state index contributed by atoms with van der Waals surface area (Å²) in [6, 6.07) is 3.18. The van der Waals surface area contributed by atoms with E-state index in [4.69, 9.17) is 15.6 Å². The summed E-state index contributed by atoms with van der Waals surface area (Å²) in [4.78, 5) is 33.3. The van der Waals surface area contributed by atoms with Gasteiger partial charge < -0.3 is 16.2 Å². The van der Waals surface area contributed by atoms with Crippen LogP contribution in [0.1, 0.15) is 28.7 Å². The van der Waals surface area contributed by atoms with Crippen molar-refractivity contribution in [1.82, 2.24) is 14.3 Å². The third-order valence-electron chi connectivity index (χ3n) is 5.13. The molecule has 2 atom stereocenters. The molecule has 0 radical (unpaired) electrons. The molecular formula is C21H21F8N7O4S. The lowest BCUT2D eigenvalue weighted by Crippen LogP contribution is -2.51. The maximum atomic E-state index is 14.8. The summed E-state index contributed by atoms with van der Waals surface area (Å²) in [5, 5.41) is 9.52. The summed E-state index contributed by atoms with van der Waals surface area (Å²) >= 11 is 0. The van der Waals surface area contributed by atoms with Crippen LogP contribution in [-0.2, 0) is 20.2 Å². The number of aliphatic carboxylic acids is 1. The van der Waals surface area contributed by atoms with Crippen molar-refractivity contribution in [3.63, 3.8) is 0 Å². The number of pyridine rings is 2. The Kier molecular flexibility index (Phi) is 9.52. The lowest BCUT2D eigenvalue weighted by atomic mass is 10.00. The van der Waals surface area contributed by atoms with Crippen LogP contribution in [-0.4, -0.2) is 73.1 Å². The molecule has 0 spiro atoms. The molecule has 4 N–H and O–H groups in total. The number of guanidine groups is 1. The molecule has 1 aliphatic rings. The summed E-state index contributed by atoms with van der Waals surface area (Å²) in [7, 11) is -2.60. The minimum atomic E-state index is -5.08. The first-order chi connectivity index (χ1) is 18.6. The highest BCUT2D eigenvalue weighted by Crippen LogP contribution is 2.34. The van der Waals surface area contributed by atoms with Crippen molar-refractivity contribution >= 4 is 33.6 Å². The number of nitrogens with two attached hydrogens (primary N) is 1. The molecule has 0 bridgehead atoms. The van der Waals surface area contributed by atoms with E-state index < -0.39 is 75.3 Å². The fourth-order valence-electron chi connectivity index (χ4n) is 3.24. The Morgan fingerprint density at radius 3 is 2.32 bits per heavy atom. The number of carbonyl (C=O) groups excluding carboxylic acids is 1. The van der Waals surface area contributed by atoms with Gasteiger partial charge in [-0.1, -0.05) is 0 Å². The van der Waals surface area contributed by atoms with Crippen molar-refractivity contribution in [3.05, 3.63) is 53.0 Å². The molecule has 0 saturated carbocycles. The van der Waals surface area contributed by atoms with Crippen molar-refractivity contribution in [1.29, 1.82) is 0 Å². The summed E-state index contributed by atoms with van der Waals surface area (Å²) in [5.41, 5.74) is 3.73.